The number of aryl methyl sites for hydroxylation is 2. The van der Waals surface area contributed by atoms with Crippen LogP contribution in [0.1, 0.15) is 21.5 Å². The maximum Gasteiger partial charge on any atom is 0.257 e. The Morgan fingerprint density at radius 2 is 1.82 bits per heavy atom. The van der Waals surface area contributed by atoms with Crippen LogP contribution in [0.15, 0.2) is 40.9 Å². The Labute approximate surface area is 148 Å². The van der Waals surface area contributed by atoms with Gasteiger partial charge in [-0.05, 0) is 61.5 Å². The molecule has 0 aliphatic carbocycles. The van der Waals surface area contributed by atoms with Crippen molar-refractivity contribution >= 4 is 56.5 Å². The molecule has 1 amide bonds. The van der Waals surface area contributed by atoms with E-state index in [4.69, 9.17) is 23.8 Å². The Kier molecular flexibility index (Phi) is 5.56. The Balaban J connectivity index is 2.06. The number of carbonyl (C=O) groups excluding carboxylic acids is 1. The number of amides is 1. The smallest absolute Gasteiger partial charge is 0.257 e. The molecular weight excluding hydrogens is 384 g/mol. The molecule has 0 aliphatic rings. The van der Waals surface area contributed by atoms with Gasteiger partial charge in [0.05, 0.1) is 0 Å². The first-order valence-corrected chi connectivity index (χ1v) is 8.09. The molecule has 0 spiro atoms. The molecule has 6 heteroatoms. The van der Waals surface area contributed by atoms with Gasteiger partial charge in [0.25, 0.3) is 5.91 Å². The summed E-state index contributed by atoms with van der Waals surface area (Å²) in [5, 5.41) is 6.47. The van der Waals surface area contributed by atoms with Crippen molar-refractivity contribution in [2.24, 2.45) is 0 Å². The third-order valence-corrected chi connectivity index (χ3v) is 4.40. The summed E-state index contributed by atoms with van der Waals surface area (Å²) in [5.41, 5.74) is 3.35. The third-order valence-electron chi connectivity index (χ3n) is 3.11. The molecule has 0 radical (unpaired) electrons. The highest BCUT2D eigenvalue weighted by Crippen LogP contribution is 2.20. The molecule has 3 nitrogen and oxygen atoms in total. The van der Waals surface area contributed by atoms with Crippen molar-refractivity contribution in [1.29, 1.82) is 0 Å². The first-order chi connectivity index (χ1) is 10.4. The molecule has 0 fully saturated rings. The van der Waals surface area contributed by atoms with Gasteiger partial charge in [0.2, 0.25) is 0 Å². The van der Waals surface area contributed by atoms with Crippen molar-refractivity contribution in [2.75, 3.05) is 5.32 Å². The van der Waals surface area contributed by atoms with E-state index in [2.05, 4.69) is 26.6 Å². The Bertz CT molecular complexity index is 749. The molecular formula is C16H14BrClN2OS. The van der Waals surface area contributed by atoms with Crippen molar-refractivity contribution in [3.63, 3.8) is 0 Å². The van der Waals surface area contributed by atoms with Crippen LogP contribution in [0.5, 0.6) is 0 Å². The van der Waals surface area contributed by atoms with Crippen LogP contribution in [0, 0.1) is 13.8 Å². The molecule has 0 saturated carbocycles. The van der Waals surface area contributed by atoms with E-state index in [1.807, 2.05) is 26.0 Å². The molecule has 0 saturated heterocycles. The lowest BCUT2D eigenvalue weighted by Gasteiger charge is -2.12. The molecule has 0 bridgehead atoms. The van der Waals surface area contributed by atoms with Crippen molar-refractivity contribution in [2.45, 2.75) is 13.8 Å². The van der Waals surface area contributed by atoms with E-state index in [0.29, 0.717) is 10.6 Å². The standard InChI is InChI=1S/C16H14BrClN2OS/c1-9-3-5-11(7-13(9)17)15(21)20-16(22)19-14-8-12(18)6-4-10(14)2/h3-8H,1-2H3,(H2,19,20,21,22). The summed E-state index contributed by atoms with van der Waals surface area (Å²) < 4.78 is 0.879. The topological polar surface area (TPSA) is 41.1 Å². The second kappa shape index (κ2) is 7.22. The van der Waals surface area contributed by atoms with E-state index in [1.54, 1.807) is 24.3 Å². The molecule has 0 atom stereocenters. The maximum absolute atomic E-state index is 12.2. The van der Waals surface area contributed by atoms with Gasteiger partial charge >= 0.3 is 0 Å². The van der Waals surface area contributed by atoms with Crippen LogP contribution in [0.4, 0.5) is 5.69 Å². The van der Waals surface area contributed by atoms with Crippen molar-refractivity contribution < 1.29 is 4.79 Å². The van der Waals surface area contributed by atoms with E-state index in [-0.39, 0.29) is 11.0 Å². The van der Waals surface area contributed by atoms with Gasteiger partial charge in [-0.25, -0.2) is 0 Å². The minimum atomic E-state index is -0.266. The van der Waals surface area contributed by atoms with Crippen LogP contribution >= 0.6 is 39.7 Å². The van der Waals surface area contributed by atoms with E-state index >= 15 is 0 Å². The summed E-state index contributed by atoms with van der Waals surface area (Å²) >= 11 is 14.5. The van der Waals surface area contributed by atoms with E-state index in [0.717, 1.165) is 21.3 Å². The van der Waals surface area contributed by atoms with Gasteiger partial charge in [-0.2, -0.15) is 0 Å². The zero-order chi connectivity index (χ0) is 16.3. The Morgan fingerprint density at radius 3 is 2.50 bits per heavy atom. The van der Waals surface area contributed by atoms with Gasteiger partial charge in [-0.1, -0.05) is 39.7 Å². The summed E-state index contributed by atoms with van der Waals surface area (Å²) in [7, 11) is 0. The molecule has 22 heavy (non-hydrogen) atoms. The van der Waals surface area contributed by atoms with Crippen LogP contribution in [0.2, 0.25) is 5.02 Å². The second-order valence-electron chi connectivity index (χ2n) is 4.83. The summed E-state index contributed by atoms with van der Waals surface area (Å²) in [4.78, 5) is 12.2. The first kappa shape index (κ1) is 16.9. The number of rotatable bonds is 2. The quantitative estimate of drug-likeness (QED) is 0.712. The van der Waals surface area contributed by atoms with Crippen molar-refractivity contribution in [1.82, 2.24) is 5.32 Å². The van der Waals surface area contributed by atoms with Crippen LogP contribution in [-0.2, 0) is 0 Å². The minimum absolute atomic E-state index is 0.229. The number of thiocarbonyl (C=S) groups is 1. The number of halogens is 2. The largest absolute Gasteiger partial charge is 0.332 e. The predicted molar refractivity (Wildman–Crippen MR) is 98.8 cm³/mol. The fraction of sp³-hybridized carbons (Fsp3) is 0.125. The number of nitrogens with one attached hydrogen (secondary N) is 2. The van der Waals surface area contributed by atoms with E-state index in [9.17, 15) is 4.79 Å². The monoisotopic (exact) mass is 396 g/mol. The Hall–Kier alpha value is -1.43. The molecule has 2 N–H and O–H groups in total. The summed E-state index contributed by atoms with van der Waals surface area (Å²) in [6.07, 6.45) is 0. The third kappa shape index (κ3) is 4.29. The lowest BCUT2D eigenvalue weighted by molar-refractivity contribution is 0.0977. The maximum atomic E-state index is 12.2. The van der Waals surface area contributed by atoms with Gasteiger partial charge in [-0.3, -0.25) is 10.1 Å². The average Bonchev–Trinajstić information content (AvgIpc) is 2.45. The molecule has 2 aromatic rings. The predicted octanol–water partition coefficient (Wildman–Crippen LogP) is 4.85. The average molecular weight is 398 g/mol. The number of hydrogen-bond acceptors (Lipinski definition) is 2. The van der Waals surface area contributed by atoms with Gasteiger partial charge < -0.3 is 5.32 Å². The molecule has 0 unspecified atom stereocenters. The number of anilines is 1. The molecule has 0 aliphatic heterocycles. The van der Waals surface area contributed by atoms with Crippen molar-refractivity contribution in [3.05, 3.63) is 62.6 Å². The van der Waals surface area contributed by atoms with Crippen LogP contribution in [0.25, 0.3) is 0 Å². The number of carbonyl (C=O) groups is 1. The molecule has 2 rings (SSSR count). The summed E-state index contributed by atoms with van der Waals surface area (Å²) in [6, 6.07) is 10.8. The van der Waals surface area contributed by atoms with E-state index < -0.39 is 0 Å². The summed E-state index contributed by atoms with van der Waals surface area (Å²) in [5.74, 6) is -0.266. The first-order valence-electron chi connectivity index (χ1n) is 6.51. The fourth-order valence-electron chi connectivity index (χ4n) is 1.79. The highest BCUT2D eigenvalue weighted by molar-refractivity contribution is 9.10. The lowest BCUT2D eigenvalue weighted by atomic mass is 10.1. The van der Waals surface area contributed by atoms with Crippen LogP contribution < -0.4 is 10.6 Å². The van der Waals surface area contributed by atoms with Gasteiger partial charge in [-0.15, -0.1) is 0 Å². The molecule has 114 valence electrons. The highest BCUT2D eigenvalue weighted by Gasteiger charge is 2.10. The normalized spacial score (nSPS) is 10.2. The molecule has 0 aromatic heterocycles. The van der Waals surface area contributed by atoms with Gasteiger partial charge in [0, 0.05) is 20.7 Å². The zero-order valence-electron chi connectivity index (χ0n) is 12.0. The molecule has 2 aromatic carbocycles. The van der Waals surface area contributed by atoms with Gasteiger partial charge in [0.15, 0.2) is 5.11 Å². The van der Waals surface area contributed by atoms with E-state index in [1.165, 1.54) is 0 Å². The minimum Gasteiger partial charge on any atom is -0.332 e. The van der Waals surface area contributed by atoms with Crippen LogP contribution in [0.3, 0.4) is 0 Å². The Morgan fingerprint density at radius 1 is 1.14 bits per heavy atom. The summed E-state index contributed by atoms with van der Waals surface area (Å²) in [6.45, 7) is 3.89. The van der Waals surface area contributed by atoms with Crippen LogP contribution in [-0.4, -0.2) is 11.0 Å². The number of benzene rings is 2. The lowest BCUT2D eigenvalue weighted by Crippen LogP contribution is -2.34. The zero-order valence-corrected chi connectivity index (χ0v) is 15.2. The number of hydrogen-bond donors (Lipinski definition) is 2. The highest BCUT2D eigenvalue weighted by atomic mass is 79.9. The van der Waals surface area contributed by atoms with Crippen molar-refractivity contribution in [3.8, 4) is 0 Å². The van der Waals surface area contributed by atoms with Gasteiger partial charge in [0.1, 0.15) is 0 Å². The second-order valence-corrected chi connectivity index (χ2v) is 6.53. The SMILES string of the molecule is Cc1ccc(C(=O)NC(=S)Nc2cc(Cl)ccc2C)cc1Br. The fourth-order valence-corrected chi connectivity index (χ4v) is 2.55. The molecule has 0 heterocycles.